The van der Waals surface area contributed by atoms with E-state index < -0.39 is 17.9 Å². The smallest absolute Gasteiger partial charge is 0.343 e. The third-order valence-corrected chi connectivity index (χ3v) is 11.0. The third kappa shape index (κ3) is 10.5. The van der Waals surface area contributed by atoms with Gasteiger partial charge in [0.15, 0.2) is 5.78 Å². The number of ketones is 1. The van der Waals surface area contributed by atoms with E-state index in [1.807, 2.05) is 50.2 Å². The van der Waals surface area contributed by atoms with E-state index in [-0.39, 0.29) is 11.7 Å². The lowest BCUT2D eigenvalue weighted by Gasteiger charge is -2.16. The molecule has 10 heteroatoms. The minimum absolute atomic E-state index is 0.0319. The Morgan fingerprint density at radius 3 is 1.14 bits per heavy atom. The van der Waals surface area contributed by atoms with Crippen LogP contribution in [0.4, 0.5) is 0 Å². The first-order valence-electron chi connectivity index (χ1n) is 21.1. The fourth-order valence-corrected chi connectivity index (χ4v) is 7.25. The number of rotatable bonds is 14. The Morgan fingerprint density at radius 1 is 0.394 bits per heavy atom. The summed E-state index contributed by atoms with van der Waals surface area (Å²) in [6.07, 6.45) is 0. The molecule has 0 saturated carbocycles. The van der Waals surface area contributed by atoms with Gasteiger partial charge in [0.25, 0.3) is 0 Å². The summed E-state index contributed by atoms with van der Waals surface area (Å²) in [5.41, 5.74) is 5.77. The molecule has 0 fully saturated rings. The van der Waals surface area contributed by atoms with Crippen molar-refractivity contribution in [2.75, 3.05) is 7.11 Å². The van der Waals surface area contributed by atoms with Crippen LogP contribution in [0.2, 0.25) is 0 Å². The molecule has 0 bridgehead atoms. The number of esters is 3. The van der Waals surface area contributed by atoms with Crippen molar-refractivity contribution in [1.82, 2.24) is 0 Å². The number of hydrogen-bond acceptors (Lipinski definition) is 10. The first kappa shape index (κ1) is 44.1. The van der Waals surface area contributed by atoms with Gasteiger partial charge in [0.05, 0.1) is 23.8 Å². The van der Waals surface area contributed by atoms with E-state index >= 15 is 0 Å². The van der Waals surface area contributed by atoms with Gasteiger partial charge < -0.3 is 28.4 Å². The zero-order valence-corrected chi connectivity index (χ0v) is 36.8. The zero-order valence-electron chi connectivity index (χ0n) is 36.8. The van der Waals surface area contributed by atoms with E-state index in [2.05, 4.69) is 19.1 Å². The van der Waals surface area contributed by atoms with Gasteiger partial charge in [0.2, 0.25) is 0 Å². The van der Waals surface area contributed by atoms with Crippen molar-refractivity contribution in [2.45, 2.75) is 33.6 Å². The number of benzene rings is 8. The first-order valence-corrected chi connectivity index (χ1v) is 21.1. The number of carbonyl (C=O) groups is 4. The van der Waals surface area contributed by atoms with Gasteiger partial charge in [-0.15, -0.1) is 0 Å². The number of carbonyl (C=O) groups excluding carboxylic acids is 4. The molecule has 0 saturated heterocycles. The second-order valence-corrected chi connectivity index (χ2v) is 15.7. The molecule has 8 rings (SSSR count). The number of methoxy groups -OCH3 is 1. The fourth-order valence-electron chi connectivity index (χ4n) is 7.25. The van der Waals surface area contributed by atoms with Crippen LogP contribution in [-0.2, 0) is 0 Å². The second kappa shape index (κ2) is 19.5. The highest BCUT2D eigenvalue weighted by atomic mass is 16.5. The van der Waals surface area contributed by atoms with Gasteiger partial charge in [-0.2, -0.15) is 0 Å². The highest BCUT2D eigenvalue weighted by molar-refractivity contribution is 5.95. The van der Waals surface area contributed by atoms with E-state index in [0.717, 1.165) is 27.8 Å². The van der Waals surface area contributed by atoms with Crippen molar-refractivity contribution in [3.05, 3.63) is 214 Å². The van der Waals surface area contributed by atoms with Gasteiger partial charge in [-0.05, 0) is 187 Å². The quantitative estimate of drug-likeness (QED) is 0.0592. The maximum absolute atomic E-state index is 13.1. The van der Waals surface area contributed by atoms with Gasteiger partial charge in [-0.3, -0.25) is 4.79 Å². The molecule has 0 aliphatic carbocycles. The number of fused-ring (bicyclic) bond motifs is 1. The number of Topliss-reactive ketones (excluding diaryl/α,β-unsaturated/α-hetero) is 1. The highest BCUT2D eigenvalue weighted by Crippen LogP contribution is 2.32. The molecule has 328 valence electrons. The van der Waals surface area contributed by atoms with Crippen molar-refractivity contribution < 1.29 is 47.6 Å². The molecule has 0 N–H and O–H groups in total. The van der Waals surface area contributed by atoms with Gasteiger partial charge >= 0.3 is 17.9 Å². The van der Waals surface area contributed by atoms with Gasteiger partial charge in [0.1, 0.15) is 46.0 Å². The number of aryl methyl sites for hydroxylation is 2. The van der Waals surface area contributed by atoms with E-state index in [1.54, 1.807) is 128 Å². The van der Waals surface area contributed by atoms with Crippen LogP contribution in [-0.4, -0.2) is 30.8 Å². The van der Waals surface area contributed by atoms with Crippen molar-refractivity contribution >= 4 is 34.5 Å². The summed E-state index contributed by atoms with van der Waals surface area (Å²) in [4.78, 5) is 50.8. The van der Waals surface area contributed by atoms with Crippen LogP contribution in [0.15, 0.2) is 170 Å². The molecule has 10 nitrogen and oxygen atoms in total. The minimum Gasteiger partial charge on any atom is -0.496 e. The predicted octanol–water partition coefficient (Wildman–Crippen LogP) is 13.1. The zero-order chi connectivity index (χ0) is 46.3. The number of hydrogen-bond donors (Lipinski definition) is 0. The lowest BCUT2D eigenvalue weighted by atomic mass is 9.91. The van der Waals surface area contributed by atoms with Gasteiger partial charge in [-0.25, -0.2) is 14.4 Å². The van der Waals surface area contributed by atoms with Crippen LogP contribution in [0.3, 0.4) is 0 Å². The van der Waals surface area contributed by atoms with Crippen LogP contribution >= 0.6 is 0 Å². The van der Waals surface area contributed by atoms with Crippen LogP contribution < -0.4 is 28.4 Å². The second-order valence-electron chi connectivity index (χ2n) is 15.7. The molecule has 0 spiro atoms. The molecule has 0 radical (unpaired) electrons. The summed E-state index contributed by atoms with van der Waals surface area (Å²) in [7, 11) is 1.67. The Hall–Kier alpha value is -8.50. The Labute approximate surface area is 381 Å². The average Bonchev–Trinajstić information content (AvgIpc) is 3.32. The molecular weight excluding hydrogens is 833 g/mol. The molecule has 66 heavy (non-hydrogen) atoms. The van der Waals surface area contributed by atoms with E-state index in [4.69, 9.17) is 28.4 Å². The standard InChI is InChI=1S/C56H44O10/c1-34-30-43(16-28-52(34)61-5)36(3)44-17-29-53(35(2)31-44)66-56(60)42-14-24-49(25-15-42)63-48-22-12-41(13-23-48)55(59)65-51-27-9-39-8-26-50(32-45(39)33-51)64-54(58)40-10-20-47(21-11-40)62-46-18-6-38(7-19-46)37(4)57/h6-33,36H,1-5H3. The molecule has 0 amide bonds. The largest absolute Gasteiger partial charge is 0.496 e. The monoisotopic (exact) mass is 876 g/mol. The summed E-state index contributed by atoms with van der Waals surface area (Å²) in [6.45, 7) is 7.59. The predicted molar refractivity (Wildman–Crippen MR) is 251 cm³/mol. The summed E-state index contributed by atoms with van der Waals surface area (Å²) >= 11 is 0. The molecule has 8 aromatic carbocycles. The van der Waals surface area contributed by atoms with Crippen LogP contribution in [0.5, 0.6) is 46.0 Å². The SMILES string of the molecule is COc1ccc(C(C)c2ccc(OC(=O)c3ccc(Oc4ccc(C(=O)Oc5ccc6ccc(OC(=O)c7ccc(Oc8ccc(C(C)=O)cc8)cc7)cc6c5)cc4)cc3)c(C)c2)cc1C. The van der Waals surface area contributed by atoms with E-state index in [0.29, 0.717) is 67.9 Å². The van der Waals surface area contributed by atoms with Crippen molar-refractivity contribution in [3.63, 3.8) is 0 Å². The summed E-state index contributed by atoms with van der Waals surface area (Å²) in [6, 6.07) is 48.8. The van der Waals surface area contributed by atoms with Gasteiger partial charge in [0, 0.05) is 11.5 Å². The molecule has 1 unspecified atom stereocenters. The maximum Gasteiger partial charge on any atom is 0.343 e. The van der Waals surface area contributed by atoms with Crippen LogP contribution in [0, 0.1) is 13.8 Å². The molecule has 8 aromatic rings. The Morgan fingerprint density at radius 2 is 0.758 bits per heavy atom. The van der Waals surface area contributed by atoms with Crippen LogP contribution in [0.25, 0.3) is 10.8 Å². The van der Waals surface area contributed by atoms with Crippen LogP contribution in [0.1, 0.15) is 83.5 Å². The molecule has 0 aliphatic heterocycles. The van der Waals surface area contributed by atoms with Crippen molar-refractivity contribution in [1.29, 1.82) is 0 Å². The molecule has 0 aromatic heterocycles. The van der Waals surface area contributed by atoms with E-state index in [9.17, 15) is 19.2 Å². The summed E-state index contributed by atoms with van der Waals surface area (Å²) < 4.78 is 34.4. The van der Waals surface area contributed by atoms with Gasteiger partial charge in [-0.1, -0.05) is 43.3 Å². The van der Waals surface area contributed by atoms with Crippen molar-refractivity contribution in [2.24, 2.45) is 0 Å². The third-order valence-electron chi connectivity index (χ3n) is 11.0. The minimum atomic E-state index is -0.571. The highest BCUT2D eigenvalue weighted by Gasteiger charge is 2.17. The molecule has 0 heterocycles. The van der Waals surface area contributed by atoms with Crippen molar-refractivity contribution in [3.8, 4) is 46.0 Å². The number of ether oxygens (including phenoxy) is 6. The Bertz CT molecular complexity index is 3080. The maximum atomic E-state index is 13.1. The average molecular weight is 877 g/mol. The summed E-state index contributed by atoms with van der Waals surface area (Å²) in [5.74, 6) is 2.49. The summed E-state index contributed by atoms with van der Waals surface area (Å²) in [5, 5.41) is 1.55. The normalized spacial score (nSPS) is 11.3. The molecular formula is C56H44O10. The Balaban J connectivity index is 0.829. The van der Waals surface area contributed by atoms with E-state index in [1.165, 1.54) is 12.5 Å². The lowest BCUT2D eigenvalue weighted by Crippen LogP contribution is -2.09. The molecule has 0 aliphatic rings. The Kier molecular flexibility index (Phi) is 13.0. The topological polar surface area (TPSA) is 124 Å². The fraction of sp³-hybridized carbons (Fsp3) is 0.107. The first-order chi connectivity index (χ1) is 31.9. The molecule has 1 atom stereocenters. The lowest BCUT2D eigenvalue weighted by molar-refractivity contribution is 0.0724.